The summed E-state index contributed by atoms with van der Waals surface area (Å²) >= 11 is 0. The number of aliphatic hydroxyl groups is 3. The van der Waals surface area contributed by atoms with Gasteiger partial charge < -0.3 is 15.3 Å². The summed E-state index contributed by atoms with van der Waals surface area (Å²) in [7, 11) is -8.99. The minimum Gasteiger partial charge on any atom is -0.393 e. The van der Waals surface area contributed by atoms with Crippen LogP contribution in [-0.4, -0.2) is 47.4 Å². The molecular weight excluding hydrogens is 701 g/mol. The van der Waals surface area contributed by atoms with Crippen LogP contribution < -0.4 is 0 Å². The molecule has 0 aliphatic heterocycles. The standard InChI is InChI=1S/C41H58O9S2/c1-24-10-14-35(51(45,46)47)30(20-24)38(43)27(4)9-7-8-26(3)37-34(42)22-32-29-13-12-28-23-41(44,33-21-25(2)11-15-36(33)52(48,49)50)19-18-39(28,5)31(29)16-17-40(32,37)6/h10-12,14-15,20-21,26-27,29,31-32,34,37-38,42-44H,7-9,13,16-19,22-23H2,1-6H3,(H,45,46,47)(H,48,49,50)/t26-,27-,29-,31+,32+,34?,37+,38?,39+,40+,41-/m1/s1. The van der Waals surface area contributed by atoms with Crippen LogP contribution in [0.1, 0.15) is 120 Å². The highest BCUT2D eigenvalue weighted by Gasteiger charge is 2.62. The van der Waals surface area contributed by atoms with Crippen LogP contribution >= 0.6 is 0 Å². The Bertz CT molecular complexity index is 1940. The molecule has 11 heteroatoms. The topological polar surface area (TPSA) is 169 Å². The third kappa shape index (κ3) is 6.97. The number of hydrogen-bond acceptors (Lipinski definition) is 7. The van der Waals surface area contributed by atoms with Crippen molar-refractivity contribution in [3.05, 3.63) is 70.3 Å². The van der Waals surface area contributed by atoms with Gasteiger partial charge in [-0.05, 0) is 117 Å². The van der Waals surface area contributed by atoms with E-state index in [1.807, 2.05) is 20.8 Å². The van der Waals surface area contributed by atoms with E-state index in [4.69, 9.17) is 0 Å². The van der Waals surface area contributed by atoms with Gasteiger partial charge in [-0.1, -0.05) is 87.6 Å². The average molecular weight is 759 g/mol. The molecule has 11 atom stereocenters. The lowest BCUT2D eigenvalue weighted by Gasteiger charge is -2.59. The average Bonchev–Trinajstić information content (AvgIpc) is 3.33. The van der Waals surface area contributed by atoms with Gasteiger partial charge in [0.15, 0.2) is 0 Å². The summed E-state index contributed by atoms with van der Waals surface area (Å²) in [6.07, 6.45) is 8.29. The maximum absolute atomic E-state index is 12.3. The molecule has 0 heterocycles. The smallest absolute Gasteiger partial charge is 0.294 e. The second kappa shape index (κ2) is 13.9. The molecule has 0 bridgehead atoms. The molecule has 0 saturated heterocycles. The van der Waals surface area contributed by atoms with Crippen LogP contribution in [0.3, 0.4) is 0 Å². The molecule has 288 valence electrons. The normalized spacial score (nSPS) is 35.1. The zero-order valence-electron chi connectivity index (χ0n) is 31.4. The maximum atomic E-state index is 12.3. The highest BCUT2D eigenvalue weighted by atomic mass is 32.2. The number of rotatable bonds is 10. The fraction of sp³-hybridized carbons (Fsp3) is 0.659. The van der Waals surface area contributed by atoms with Crippen molar-refractivity contribution in [2.24, 2.45) is 46.3 Å². The molecule has 5 N–H and O–H groups in total. The van der Waals surface area contributed by atoms with Crippen molar-refractivity contribution in [2.45, 2.75) is 133 Å². The number of aliphatic hydroxyl groups excluding tert-OH is 2. The van der Waals surface area contributed by atoms with E-state index in [0.717, 1.165) is 49.7 Å². The molecule has 0 aromatic heterocycles. The Morgan fingerprint density at radius 3 is 2.15 bits per heavy atom. The van der Waals surface area contributed by atoms with Crippen molar-refractivity contribution < 1.29 is 41.3 Å². The predicted molar refractivity (Wildman–Crippen MR) is 200 cm³/mol. The molecule has 0 spiro atoms. The van der Waals surface area contributed by atoms with E-state index in [1.54, 1.807) is 24.3 Å². The molecule has 0 radical (unpaired) electrons. The van der Waals surface area contributed by atoms with E-state index < -0.39 is 38.0 Å². The SMILES string of the molecule is Cc1ccc(S(=O)(=O)O)c(C(O)[C@H](C)CCC[C@@H](C)[C@H]2C(O)C[C@H]3[C@@H]4CC=C5C[C@@](O)(c6cc(C)ccc6S(=O)(=O)O)CC[C@]5(C)[C@H]4CC[C@]23C)c1. The van der Waals surface area contributed by atoms with Gasteiger partial charge in [0.2, 0.25) is 0 Å². The maximum Gasteiger partial charge on any atom is 0.294 e. The van der Waals surface area contributed by atoms with Crippen LogP contribution in [0.5, 0.6) is 0 Å². The molecule has 3 fully saturated rings. The van der Waals surface area contributed by atoms with Gasteiger partial charge in [0, 0.05) is 17.5 Å². The largest absolute Gasteiger partial charge is 0.393 e. The fourth-order valence-corrected chi connectivity index (χ4v) is 13.2. The van der Waals surface area contributed by atoms with E-state index >= 15 is 0 Å². The fourth-order valence-electron chi connectivity index (χ4n) is 11.7. The van der Waals surface area contributed by atoms with E-state index in [9.17, 15) is 41.3 Å². The van der Waals surface area contributed by atoms with Gasteiger partial charge in [-0.3, -0.25) is 9.11 Å². The van der Waals surface area contributed by atoms with Crippen LogP contribution in [0.2, 0.25) is 0 Å². The van der Waals surface area contributed by atoms with E-state index in [0.29, 0.717) is 43.4 Å². The quantitative estimate of drug-likeness (QED) is 0.120. The first-order valence-electron chi connectivity index (χ1n) is 19.0. The molecule has 2 unspecified atom stereocenters. The lowest BCUT2D eigenvalue weighted by molar-refractivity contribution is -0.0797. The molecule has 4 aliphatic carbocycles. The van der Waals surface area contributed by atoms with Gasteiger partial charge in [0.05, 0.1) is 27.6 Å². The number of hydrogen-bond donors (Lipinski definition) is 5. The number of allylic oxidation sites excluding steroid dienone is 1. The van der Waals surface area contributed by atoms with Gasteiger partial charge >= 0.3 is 0 Å². The summed E-state index contributed by atoms with van der Waals surface area (Å²) in [6, 6.07) is 9.29. The van der Waals surface area contributed by atoms with Gasteiger partial charge in [0.25, 0.3) is 20.2 Å². The Labute approximate surface area is 310 Å². The van der Waals surface area contributed by atoms with Crippen LogP contribution in [0.15, 0.2) is 57.8 Å². The van der Waals surface area contributed by atoms with Crippen molar-refractivity contribution >= 4 is 20.2 Å². The van der Waals surface area contributed by atoms with Crippen LogP contribution in [0, 0.1) is 60.2 Å². The van der Waals surface area contributed by atoms with Crippen LogP contribution in [-0.2, 0) is 25.8 Å². The second-order valence-corrected chi connectivity index (χ2v) is 20.4. The zero-order chi connectivity index (χ0) is 38.2. The molecule has 9 nitrogen and oxygen atoms in total. The van der Waals surface area contributed by atoms with Gasteiger partial charge in [-0.2, -0.15) is 16.8 Å². The first-order valence-corrected chi connectivity index (χ1v) is 21.9. The van der Waals surface area contributed by atoms with Gasteiger partial charge in [-0.25, -0.2) is 0 Å². The van der Waals surface area contributed by atoms with Gasteiger partial charge in [0.1, 0.15) is 0 Å². The van der Waals surface area contributed by atoms with Crippen molar-refractivity contribution in [2.75, 3.05) is 0 Å². The monoisotopic (exact) mass is 758 g/mol. The van der Waals surface area contributed by atoms with Crippen LogP contribution in [0.4, 0.5) is 0 Å². The molecule has 3 saturated carbocycles. The Kier molecular flexibility index (Phi) is 10.6. The molecule has 52 heavy (non-hydrogen) atoms. The Morgan fingerprint density at radius 1 is 0.865 bits per heavy atom. The summed E-state index contributed by atoms with van der Waals surface area (Å²) < 4.78 is 68.4. The second-order valence-electron chi connectivity index (χ2n) is 17.7. The number of benzene rings is 2. The van der Waals surface area contributed by atoms with E-state index in [2.05, 4.69) is 26.8 Å². The Hall–Kier alpha value is -2.12. The summed E-state index contributed by atoms with van der Waals surface area (Å²) in [6.45, 7) is 12.5. The highest BCUT2D eigenvalue weighted by Crippen LogP contribution is 2.68. The van der Waals surface area contributed by atoms with Crippen molar-refractivity contribution in [3.63, 3.8) is 0 Å². The van der Waals surface area contributed by atoms with Crippen molar-refractivity contribution in [1.29, 1.82) is 0 Å². The first kappa shape index (κ1) is 39.6. The lowest BCUT2D eigenvalue weighted by Crippen LogP contribution is -2.52. The van der Waals surface area contributed by atoms with E-state index in [-0.39, 0.29) is 49.5 Å². The molecule has 2 aromatic rings. The van der Waals surface area contributed by atoms with E-state index in [1.165, 1.54) is 17.7 Å². The summed E-state index contributed by atoms with van der Waals surface area (Å²) in [4.78, 5) is -0.482. The molecule has 6 rings (SSSR count). The molecule has 2 aromatic carbocycles. The minimum atomic E-state index is -4.51. The minimum absolute atomic E-state index is 0.0276. The Balaban J connectivity index is 1.15. The third-order valence-corrected chi connectivity index (χ3v) is 16.3. The third-order valence-electron chi connectivity index (χ3n) is 14.4. The molecule has 4 aliphatic rings. The zero-order valence-corrected chi connectivity index (χ0v) is 33.0. The van der Waals surface area contributed by atoms with Crippen molar-refractivity contribution in [1.82, 2.24) is 0 Å². The summed E-state index contributed by atoms with van der Waals surface area (Å²) in [5.41, 5.74) is 1.72. The molecular formula is C41H58O9S2. The molecule has 0 amide bonds. The van der Waals surface area contributed by atoms with Crippen molar-refractivity contribution in [3.8, 4) is 0 Å². The van der Waals surface area contributed by atoms with Gasteiger partial charge in [-0.15, -0.1) is 0 Å². The summed E-state index contributed by atoms with van der Waals surface area (Å²) in [5, 5.41) is 34.9. The number of fused-ring (bicyclic) bond motifs is 5. The Morgan fingerprint density at radius 2 is 1.50 bits per heavy atom. The first-order chi connectivity index (χ1) is 24.1. The predicted octanol–water partition coefficient (Wildman–Crippen LogP) is 7.71. The number of aryl methyl sites for hydroxylation is 2. The highest BCUT2D eigenvalue weighted by molar-refractivity contribution is 7.86. The summed E-state index contributed by atoms with van der Waals surface area (Å²) in [5.74, 6) is 1.30. The van der Waals surface area contributed by atoms with Crippen LogP contribution in [0.25, 0.3) is 0 Å². The lowest BCUT2D eigenvalue weighted by atomic mass is 9.46.